The number of anilines is 2. The highest BCUT2D eigenvalue weighted by molar-refractivity contribution is 6.25. The van der Waals surface area contributed by atoms with Crippen LogP contribution in [0.1, 0.15) is 44.4 Å². The van der Waals surface area contributed by atoms with E-state index in [0.29, 0.717) is 0 Å². The number of fused-ring (bicyclic) bond motifs is 5. The van der Waals surface area contributed by atoms with Gasteiger partial charge in [0.05, 0.1) is 29.1 Å². The van der Waals surface area contributed by atoms with Crippen molar-refractivity contribution in [3.8, 4) is 0 Å². The third-order valence-electron chi connectivity index (χ3n) is 7.44. The lowest BCUT2D eigenvalue weighted by molar-refractivity contribution is -0.137. The van der Waals surface area contributed by atoms with E-state index in [0.717, 1.165) is 39.4 Å². The molecule has 4 atom stereocenters. The minimum Gasteiger partial charge on any atom is -0.353 e. The van der Waals surface area contributed by atoms with Gasteiger partial charge in [-0.3, -0.25) is 14.4 Å². The zero-order valence-electron chi connectivity index (χ0n) is 20.7. The van der Waals surface area contributed by atoms with Gasteiger partial charge >= 0.3 is 6.18 Å². The number of Topliss-reactive ketones (excluding diaryl/α,β-unsaturated/α-hetero) is 1. The number of imide groups is 1. The number of benzene rings is 2. The summed E-state index contributed by atoms with van der Waals surface area (Å²) in [6.45, 7) is 9.20. The summed E-state index contributed by atoms with van der Waals surface area (Å²) in [5.41, 5.74) is 1.81. The van der Waals surface area contributed by atoms with Gasteiger partial charge in [-0.1, -0.05) is 44.5 Å². The SMILES string of the molecule is CC1=C[C@@H]2[C@@H]3C(=O)N(c4cccc(C(F)(F)F)c4)C(=O)[C@@H]3[C@H](C(=O)C(C)(C)C)N2c2ccc(C)cc21. The number of hydrogen-bond donors (Lipinski definition) is 0. The number of carbonyl (C=O) groups is 3. The monoisotopic (exact) mass is 496 g/mol. The Labute approximate surface area is 207 Å². The van der Waals surface area contributed by atoms with E-state index in [1.807, 2.05) is 43.0 Å². The number of halogens is 3. The first-order valence-corrected chi connectivity index (χ1v) is 11.9. The summed E-state index contributed by atoms with van der Waals surface area (Å²) >= 11 is 0. The summed E-state index contributed by atoms with van der Waals surface area (Å²) in [5, 5.41) is 0. The minimum atomic E-state index is -4.62. The highest BCUT2D eigenvalue weighted by atomic mass is 19.4. The average Bonchev–Trinajstić information content (AvgIpc) is 3.25. The van der Waals surface area contributed by atoms with E-state index >= 15 is 0 Å². The van der Waals surface area contributed by atoms with Crippen LogP contribution in [0.2, 0.25) is 0 Å². The van der Waals surface area contributed by atoms with Gasteiger partial charge in [0.1, 0.15) is 6.04 Å². The van der Waals surface area contributed by atoms with Crippen molar-refractivity contribution in [2.24, 2.45) is 17.3 Å². The number of alkyl halides is 3. The molecule has 0 bridgehead atoms. The van der Waals surface area contributed by atoms with E-state index in [9.17, 15) is 27.6 Å². The van der Waals surface area contributed by atoms with Crippen molar-refractivity contribution >= 4 is 34.5 Å². The van der Waals surface area contributed by atoms with Crippen LogP contribution >= 0.6 is 0 Å². The molecule has 0 aliphatic carbocycles. The summed E-state index contributed by atoms with van der Waals surface area (Å²) in [5.74, 6) is -3.29. The summed E-state index contributed by atoms with van der Waals surface area (Å²) in [7, 11) is 0. The summed E-state index contributed by atoms with van der Waals surface area (Å²) in [6, 6.07) is 8.60. The Balaban J connectivity index is 1.66. The minimum absolute atomic E-state index is 0.129. The van der Waals surface area contributed by atoms with Gasteiger partial charge in [-0.2, -0.15) is 13.2 Å². The fraction of sp³-hybridized carbons (Fsp3) is 0.393. The highest BCUT2D eigenvalue weighted by Gasteiger charge is 2.65. The fourth-order valence-corrected chi connectivity index (χ4v) is 5.78. The summed E-state index contributed by atoms with van der Waals surface area (Å²) in [4.78, 5) is 44.1. The van der Waals surface area contributed by atoms with Crippen LogP contribution in [-0.4, -0.2) is 29.7 Å². The fourth-order valence-electron chi connectivity index (χ4n) is 5.78. The van der Waals surface area contributed by atoms with Crippen LogP contribution in [0.5, 0.6) is 0 Å². The van der Waals surface area contributed by atoms with Crippen molar-refractivity contribution in [2.75, 3.05) is 9.80 Å². The molecule has 2 amide bonds. The Kier molecular flexibility index (Phi) is 5.25. The quantitative estimate of drug-likeness (QED) is 0.522. The second-order valence-electron chi connectivity index (χ2n) is 10.9. The second kappa shape index (κ2) is 7.79. The molecular weight excluding hydrogens is 469 g/mol. The van der Waals surface area contributed by atoms with E-state index in [1.54, 1.807) is 20.8 Å². The van der Waals surface area contributed by atoms with Gasteiger partial charge in [0.15, 0.2) is 5.78 Å². The Hall–Kier alpha value is -3.42. The number of amides is 2. The molecule has 2 aromatic carbocycles. The number of aryl methyl sites for hydroxylation is 1. The first kappa shape index (κ1) is 24.3. The zero-order valence-corrected chi connectivity index (χ0v) is 20.7. The predicted molar refractivity (Wildman–Crippen MR) is 130 cm³/mol. The van der Waals surface area contributed by atoms with Gasteiger partial charge in [0.2, 0.25) is 11.8 Å². The largest absolute Gasteiger partial charge is 0.416 e. The topological polar surface area (TPSA) is 57.7 Å². The molecule has 0 unspecified atom stereocenters. The maximum absolute atomic E-state index is 13.8. The lowest BCUT2D eigenvalue weighted by Crippen LogP contribution is -2.51. The number of nitrogens with zero attached hydrogens (tertiary/aromatic N) is 2. The molecule has 5 rings (SSSR count). The molecular formula is C28H27F3N2O3. The highest BCUT2D eigenvalue weighted by Crippen LogP contribution is 2.52. The number of carbonyl (C=O) groups excluding carboxylic acids is 3. The van der Waals surface area contributed by atoms with Crippen molar-refractivity contribution in [1.82, 2.24) is 0 Å². The first-order valence-electron chi connectivity index (χ1n) is 11.9. The molecule has 8 heteroatoms. The lowest BCUT2D eigenvalue weighted by Gasteiger charge is -2.39. The lowest BCUT2D eigenvalue weighted by atomic mass is 9.79. The van der Waals surface area contributed by atoms with E-state index in [4.69, 9.17) is 0 Å². The Bertz CT molecular complexity index is 1340. The molecule has 2 fully saturated rings. The Morgan fingerprint density at radius 2 is 1.58 bits per heavy atom. The van der Waals surface area contributed by atoms with Crippen LogP contribution in [0, 0.1) is 24.2 Å². The predicted octanol–water partition coefficient (Wildman–Crippen LogP) is 5.41. The maximum atomic E-state index is 13.8. The molecule has 0 saturated carbocycles. The molecule has 188 valence electrons. The van der Waals surface area contributed by atoms with E-state index < -0.39 is 52.9 Å². The molecule has 0 spiro atoms. The van der Waals surface area contributed by atoms with Crippen molar-refractivity contribution in [1.29, 1.82) is 0 Å². The van der Waals surface area contributed by atoms with Crippen molar-refractivity contribution in [2.45, 2.75) is 52.9 Å². The molecule has 5 nitrogen and oxygen atoms in total. The van der Waals surface area contributed by atoms with Crippen molar-refractivity contribution in [3.05, 3.63) is 65.2 Å². The van der Waals surface area contributed by atoms with Crippen LogP contribution in [0.15, 0.2) is 48.5 Å². The van der Waals surface area contributed by atoms with Crippen molar-refractivity contribution < 1.29 is 27.6 Å². The number of ketones is 1. The van der Waals surface area contributed by atoms with Crippen LogP contribution in [0.4, 0.5) is 24.5 Å². The third-order valence-corrected chi connectivity index (χ3v) is 7.44. The van der Waals surface area contributed by atoms with Gasteiger partial charge in [0.25, 0.3) is 0 Å². The standard InChI is InChI=1S/C28H27F3N2O3/c1-14-9-10-19-18(11-14)15(2)12-20-21-22(23(33(19)20)24(34)27(3,4)5)26(36)32(25(21)35)17-8-6-7-16(13-17)28(29,30)31/h6-13,20-23H,1-5H3/t20-,21+,22+,23-/m1/s1. The molecule has 0 N–H and O–H groups in total. The molecule has 3 heterocycles. The van der Waals surface area contributed by atoms with Gasteiger partial charge in [-0.25, -0.2) is 4.90 Å². The number of rotatable bonds is 2. The molecule has 3 aliphatic heterocycles. The molecule has 36 heavy (non-hydrogen) atoms. The van der Waals surface area contributed by atoms with E-state index in [1.165, 1.54) is 12.1 Å². The van der Waals surface area contributed by atoms with Crippen LogP contribution < -0.4 is 9.80 Å². The Morgan fingerprint density at radius 3 is 2.22 bits per heavy atom. The van der Waals surface area contributed by atoms with Gasteiger partial charge in [-0.15, -0.1) is 0 Å². The first-order chi connectivity index (χ1) is 16.7. The normalized spacial score (nSPS) is 25.5. The van der Waals surface area contributed by atoms with E-state index in [2.05, 4.69) is 0 Å². The second-order valence-corrected chi connectivity index (χ2v) is 10.9. The third kappa shape index (κ3) is 3.49. The summed E-state index contributed by atoms with van der Waals surface area (Å²) in [6.07, 6.45) is -2.71. The van der Waals surface area contributed by atoms with Crippen molar-refractivity contribution in [3.63, 3.8) is 0 Å². The average molecular weight is 497 g/mol. The molecule has 3 aliphatic rings. The van der Waals surface area contributed by atoms with Gasteiger partial charge in [0, 0.05) is 16.7 Å². The maximum Gasteiger partial charge on any atom is 0.416 e. The molecule has 0 radical (unpaired) electrons. The number of hydrogen-bond acceptors (Lipinski definition) is 4. The molecule has 0 aromatic heterocycles. The zero-order chi connectivity index (χ0) is 26.3. The van der Waals surface area contributed by atoms with E-state index in [-0.39, 0.29) is 11.5 Å². The van der Waals surface area contributed by atoms with Gasteiger partial charge in [-0.05, 0) is 49.8 Å². The smallest absolute Gasteiger partial charge is 0.353 e. The molecule has 2 aromatic rings. The Morgan fingerprint density at radius 1 is 0.917 bits per heavy atom. The van der Waals surface area contributed by atoms with Crippen LogP contribution in [0.3, 0.4) is 0 Å². The van der Waals surface area contributed by atoms with Gasteiger partial charge < -0.3 is 4.90 Å². The molecule has 2 saturated heterocycles. The van der Waals surface area contributed by atoms with Crippen LogP contribution in [-0.2, 0) is 20.6 Å². The number of allylic oxidation sites excluding steroid dienone is 1. The summed E-state index contributed by atoms with van der Waals surface area (Å²) < 4.78 is 40.1. The van der Waals surface area contributed by atoms with Crippen LogP contribution in [0.25, 0.3) is 5.57 Å².